The van der Waals surface area contributed by atoms with Crippen molar-refractivity contribution >= 4 is 34.5 Å². The van der Waals surface area contributed by atoms with Crippen LogP contribution in [0.4, 0.5) is 10.1 Å². The van der Waals surface area contributed by atoms with Gasteiger partial charge in [0.2, 0.25) is 5.91 Å². The van der Waals surface area contributed by atoms with Crippen LogP contribution in [0, 0.1) is 5.82 Å². The first-order valence-electron chi connectivity index (χ1n) is 8.33. The number of carbonyl (C=O) groups is 1. The average Bonchev–Trinajstić information content (AvgIpc) is 2.99. The summed E-state index contributed by atoms with van der Waals surface area (Å²) in [4.78, 5) is 18.0. The molecule has 25 heavy (non-hydrogen) atoms. The zero-order chi connectivity index (χ0) is 17.6. The molecule has 1 N–H and O–H groups in total. The standard InChI is InChI=1S/C18H21ClFN3OS/c19-17-5-4-16(25-17)13-23-10-8-22(9-11-23)7-6-18(24)21-15-3-1-2-14(20)12-15/h1-5,12H,6-11,13H2,(H,21,24). The lowest BCUT2D eigenvalue weighted by Crippen LogP contribution is -2.46. The van der Waals surface area contributed by atoms with Crippen LogP contribution in [0.1, 0.15) is 11.3 Å². The van der Waals surface area contributed by atoms with Crippen LogP contribution in [0.3, 0.4) is 0 Å². The fraction of sp³-hybridized carbons (Fsp3) is 0.389. The Kier molecular flexibility index (Phi) is 6.42. The van der Waals surface area contributed by atoms with Crippen LogP contribution in [0.2, 0.25) is 4.34 Å². The predicted octanol–water partition coefficient (Wildman–Crippen LogP) is 3.69. The van der Waals surface area contributed by atoms with Crippen molar-refractivity contribution in [1.82, 2.24) is 9.80 Å². The first kappa shape index (κ1) is 18.3. The molecular weight excluding hydrogens is 361 g/mol. The van der Waals surface area contributed by atoms with Crippen molar-refractivity contribution in [1.29, 1.82) is 0 Å². The smallest absolute Gasteiger partial charge is 0.225 e. The van der Waals surface area contributed by atoms with E-state index in [9.17, 15) is 9.18 Å². The quantitative estimate of drug-likeness (QED) is 0.829. The number of rotatable bonds is 6. The monoisotopic (exact) mass is 381 g/mol. The van der Waals surface area contributed by atoms with E-state index in [-0.39, 0.29) is 11.7 Å². The van der Waals surface area contributed by atoms with E-state index >= 15 is 0 Å². The highest BCUT2D eigenvalue weighted by atomic mass is 35.5. The molecule has 1 saturated heterocycles. The van der Waals surface area contributed by atoms with Gasteiger partial charge in [-0.2, -0.15) is 0 Å². The van der Waals surface area contributed by atoms with Crippen molar-refractivity contribution in [3.05, 3.63) is 51.4 Å². The molecule has 0 saturated carbocycles. The van der Waals surface area contributed by atoms with Crippen molar-refractivity contribution in [3.63, 3.8) is 0 Å². The molecule has 4 nitrogen and oxygen atoms in total. The van der Waals surface area contributed by atoms with Crippen LogP contribution in [-0.4, -0.2) is 48.4 Å². The molecule has 7 heteroatoms. The lowest BCUT2D eigenvalue weighted by Gasteiger charge is -2.34. The van der Waals surface area contributed by atoms with Gasteiger partial charge in [0, 0.05) is 56.3 Å². The van der Waals surface area contributed by atoms with E-state index in [0.29, 0.717) is 12.1 Å². The number of hydrogen-bond donors (Lipinski definition) is 1. The fourth-order valence-corrected chi connectivity index (χ4v) is 4.01. The van der Waals surface area contributed by atoms with Crippen molar-refractivity contribution < 1.29 is 9.18 Å². The maximum absolute atomic E-state index is 13.1. The summed E-state index contributed by atoms with van der Waals surface area (Å²) in [5.41, 5.74) is 0.504. The molecule has 1 aliphatic rings. The lowest BCUT2D eigenvalue weighted by atomic mass is 10.2. The summed E-state index contributed by atoms with van der Waals surface area (Å²) in [7, 11) is 0. The number of nitrogens with zero attached hydrogens (tertiary/aromatic N) is 2. The highest BCUT2D eigenvalue weighted by molar-refractivity contribution is 7.16. The van der Waals surface area contributed by atoms with Gasteiger partial charge in [0.05, 0.1) is 4.34 Å². The first-order valence-corrected chi connectivity index (χ1v) is 9.52. The molecular formula is C18H21ClFN3OS. The number of piperazine rings is 1. The highest BCUT2D eigenvalue weighted by Gasteiger charge is 2.18. The molecule has 1 amide bonds. The van der Waals surface area contributed by atoms with Crippen LogP contribution in [0.5, 0.6) is 0 Å². The summed E-state index contributed by atoms with van der Waals surface area (Å²) in [6, 6.07) is 9.99. The third-order valence-electron chi connectivity index (χ3n) is 4.24. The second kappa shape index (κ2) is 8.76. The second-order valence-corrected chi connectivity index (χ2v) is 7.93. The van der Waals surface area contributed by atoms with E-state index in [1.165, 1.54) is 17.0 Å². The molecule has 3 rings (SSSR count). The van der Waals surface area contributed by atoms with Gasteiger partial charge in [-0.3, -0.25) is 9.69 Å². The number of nitrogens with one attached hydrogen (secondary N) is 1. The highest BCUT2D eigenvalue weighted by Crippen LogP contribution is 2.23. The Morgan fingerprint density at radius 2 is 1.92 bits per heavy atom. The molecule has 0 spiro atoms. The maximum Gasteiger partial charge on any atom is 0.225 e. The molecule has 1 fully saturated rings. The number of hydrogen-bond acceptors (Lipinski definition) is 4. The van der Waals surface area contributed by atoms with E-state index in [0.717, 1.165) is 43.6 Å². The average molecular weight is 382 g/mol. The Balaban J connectivity index is 1.36. The van der Waals surface area contributed by atoms with E-state index < -0.39 is 0 Å². The summed E-state index contributed by atoms with van der Waals surface area (Å²) >= 11 is 7.60. The SMILES string of the molecule is O=C(CCN1CCN(Cc2ccc(Cl)s2)CC1)Nc1cccc(F)c1. The van der Waals surface area contributed by atoms with Crippen LogP contribution >= 0.6 is 22.9 Å². The molecule has 0 atom stereocenters. The third-order valence-corrected chi connectivity index (χ3v) is 5.45. The molecule has 0 bridgehead atoms. The van der Waals surface area contributed by atoms with Gasteiger partial charge in [0.25, 0.3) is 0 Å². The molecule has 2 aromatic rings. The van der Waals surface area contributed by atoms with E-state index in [1.54, 1.807) is 23.5 Å². The normalized spacial score (nSPS) is 16.1. The first-order chi connectivity index (χ1) is 12.1. The fourth-order valence-electron chi connectivity index (χ4n) is 2.88. The minimum absolute atomic E-state index is 0.0822. The maximum atomic E-state index is 13.1. The summed E-state index contributed by atoms with van der Waals surface area (Å²) in [6.45, 7) is 5.53. The molecule has 0 radical (unpaired) electrons. The molecule has 1 aromatic heterocycles. The van der Waals surface area contributed by atoms with E-state index in [4.69, 9.17) is 11.6 Å². The van der Waals surface area contributed by atoms with Gasteiger partial charge in [-0.05, 0) is 30.3 Å². The number of benzene rings is 1. The number of amides is 1. The van der Waals surface area contributed by atoms with Crippen LogP contribution in [0.15, 0.2) is 36.4 Å². The van der Waals surface area contributed by atoms with Crippen molar-refractivity contribution in [2.45, 2.75) is 13.0 Å². The molecule has 1 aromatic carbocycles. The molecule has 1 aliphatic heterocycles. The van der Waals surface area contributed by atoms with Gasteiger partial charge in [-0.1, -0.05) is 17.7 Å². The van der Waals surface area contributed by atoms with Gasteiger partial charge in [0.15, 0.2) is 0 Å². The predicted molar refractivity (Wildman–Crippen MR) is 101 cm³/mol. The summed E-state index contributed by atoms with van der Waals surface area (Å²) < 4.78 is 13.9. The summed E-state index contributed by atoms with van der Waals surface area (Å²) in [5, 5.41) is 2.74. The number of anilines is 1. The van der Waals surface area contributed by atoms with Gasteiger partial charge in [0.1, 0.15) is 5.82 Å². The van der Waals surface area contributed by atoms with Gasteiger partial charge in [-0.15, -0.1) is 11.3 Å². The van der Waals surface area contributed by atoms with Crippen molar-refractivity contribution in [2.24, 2.45) is 0 Å². The number of carbonyl (C=O) groups excluding carboxylic acids is 1. The minimum atomic E-state index is -0.346. The van der Waals surface area contributed by atoms with E-state index in [1.807, 2.05) is 6.07 Å². The second-order valence-electron chi connectivity index (χ2n) is 6.13. The van der Waals surface area contributed by atoms with Gasteiger partial charge >= 0.3 is 0 Å². The number of halogens is 2. The largest absolute Gasteiger partial charge is 0.326 e. The van der Waals surface area contributed by atoms with E-state index in [2.05, 4.69) is 21.2 Å². The lowest BCUT2D eigenvalue weighted by molar-refractivity contribution is -0.116. The van der Waals surface area contributed by atoms with Crippen molar-refractivity contribution in [3.8, 4) is 0 Å². The molecule has 134 valence electrons. The zero-order valence-corrected chi connectivity index (χ0v) is 15.5. The Labute approximate surface area is 156 Å². The molecule has 0 aliphatic carbocycles. The van der Waals surface area contributed by atoms with Crippen molar-refractivity contribution in [2.75, 3.05) is 38.0 Å². The topological polar surface area (TPSA) is 35.6 Å². The summed E-state index contributed by atoms with van der Waals surface area (Å²) in [5.74, 6) is -0.429. The third kappa shape index (κ3) is 5.78. The molecule has 0 unspecified atom stereocenters. The van der Waals surface area contributed by atoms with Crippen LogP contribution in [0.25, 0.3) is 0 Å². The minimum Gasteiger partial charge on any atom is -0.326 e. The number of thiophene rings is 1. The Morgan fingerprint density at radius 3 is 2.60 bits per heavy atom. The van der Waals surface area contributed by atoms with Gasteiger partial charge in [-0.25, -0.2) is 4.39 Å². The Bertz CT molecular complexity index is 716. The zero-order valence-electron chi connectivity index (χ0n) is 13.9. The van der Waals surface area contributed by atoms with Crippen LogP contribution in [-0.2, 0) is 11.3 Å². The Morgan fingerprint density at radius 1 is 1.16 bits per heavy atom. The summed E-state index contributed by atoms with van der Waals surface area (Å²) in [6.07, 6.45) is 0.414. The Hall–Kier alpha value is -1.47. The molecule has 2 heterocycles. The van der Waals surface area contributed by atoms with Crippen LogP contribution < -0.4 is 5.32 Å². The van der Waals surface area contributed by atoms with Gasteiger partial charge < -0.3 is 10.2 Å².